The molecule has 0 bridgehead atoms. The van der Waals surface area contributed by atoms with Gasteiger partial charge in [0.15, 0.2) is 0 Å². The first-order valence-corrected chi connectivity index (χ1v) is 6.88. The van der Waals surface area contributed by atoms with Crippen LogP contribution < -0.4 is 0 Å². The lowest BCUT2D eigenvalue weighted by atomic mass is 9.91. The van der Waals surface area contributed by atoms with E-state index < -0.39 is 0 Å². The van der Waals surface area contributed by atoms with Crippen molar-refractivity contribution in [2.75, 3.05) is 0 Å². The van der Waals surface area contributed by atoms with Crippen LogP contribution in [0.3, 0.4) is 0 Å². The van der Waals surface area contributed by atoms with Gasteiger partial charge in [0.05, 0.1) is 5.69 Å². The first kappa shape index (κ1) is 14.7. The van der Waals surface area contributed by atoms with Gasteiger partial charge in [0.2, 0.25) is 0 Å². The van der Waals surface area contributed by atoms with Crippen molar-refractivity contribution >= 4 is 0 Å². The standard InChI is InChI=1S/C16H24N2/c1-7-9-10-14-15(12(5)8-2)16(11(3)4)18-13(6)17-14/h11-12H,7-8H2,1-6H3. The molecule has 0 spiro atoms. The van der Waals surface area contributed by atoms with Crippen LogP contribution >= 0.6 is 0 Å². The monoisotopic (exact) mass is 244 g/mol. The van der Waals surface area contributed by atoms with Crippen molar-refractivity contribution in [2.45, 2.75) is 66.2 Å². The molecule has 1 aromatic heterocycles. The zero-order valence-corrected chi connectivity index (χ0v) is 12.5. The second-order valence-corrected chi connectivity index (χ2v) is 5.04. The number of aryl methyl sites for hydroxylation is 1. The van der Waals surface area contributed by atoms with Crippen LogP contribution in [0.4, 0.5) is 0 Å². The number of rotatable bonds is 3. The zero-order valence-electron chi connectivity index (χ0n) is 12.5. The average molecular weight is 244 g/mol. The van der Waals surface area contributed by atoms with Crippen LogP contribution in [-0.4, -0.2) is 9.97 Å². The van der Waals surface area contributed by atoms with Crippen molar-refractivity contribution in [3.8, 4) is 11.8 Å². The molecule has 0 aliphatic rings. The van der Waals surface area contributed by atoms with Crippen LogP contribution in [0.5, 0.6) is 0 Å². The molecular formula is C16H24N2. The van der Waals surface area contributed by atoms with Crippen LogP contribution in [0, 0.1) is 18.8 Å². The molecule has 0 radical (unpaired) electrons. The molecule has 1 heterocycles. The molecule has 1 rings (SSSR count). The smallest absolute Gasteiger partial charge is 0.127 e. The lowest BCUT2D eigenvalue weighted by Gasteiger charge is -2.18. The molecule has 98 valence electrons. The molecule has 0 saturated carbocycles. The van der Waals surface area contributed by atoms with Crippen molar-refractivity contribution in [3.05, 3.63) is 22.8 Å². The largest absolute Gasteiger partial charge is 0.238 e. The average Bonchev–Trinajstić information content (AvgIpc) is 2.34. The summed E-state index contributed by atoms with van der Waals surface area (Å²) in [5.74, 6) is 8.05. The second-order valence-electron chi connectivity index (χ2n) is 5.04. The fraction of sp³-hybridized carbons (Fsp3) is 0.625. The van der Waals surface area contributed by atoms with E-state index in [9.17, 15) is 0 Å². The zero-order chi connectivity index (χ0) is 13.7. The Kier molecular flexibility index (Phi) is 5.34. The number of nitrogens with zero attached hydrogens (tertiary/aromatic N) is 2. The van der Waals surface area contributed by atoms with Gasteiger partial charge in [-0.05, 0) is 31.1 Å². The van der Waals surface area contributed by atoms with E-state index in [1.165, 1.54) is 5.56 Å². The van der Waals surface area contributed by atoms with Gasteiger partial charge >= 0.3 is 0 Å². The van der Waals surface area contributed by atoms with Gasteiger partial charge in [-0.25, -0.2) is 9.97 Å². The van der Waals surface area contributed by atoms with Gasteiger partial charge in [-0.3, -0.25) is 0 Å². The van der Waals surface area contributed by atoms with Crippen LogP contribution in [0.15, 0.2) is 0 Å². The Morgan fingerprint density at radius 1 is 1.11 bits per heavy atom. The normalized spacial score (nSPS) is 12.2. The summed E-state index contributed by atoms with van der Waals surface area (Å²) in [5.41, 5.74) is 3.35. The molecule has 0 fully saturated rings. The van der Waals surface area contributed by atoms with E-state index in [1.54, 1.807) is 0 Å². The minimum Gasteiger partial charge on any atom is -0.238 e. The molecule has 0 saturated heterocycles. The molecule has 1 unspecified atom stereocenters. The van der Waals surface area contributed by atoms with Crippen LogP contribution in [-0.2, 0) is 0 Å². The summed E-state index contributed by atoms with van der Waals surface area (Å²) >= 11 is 0. The van der Waals surface area contributed by atoms with E-state index in [0.29, 0.717) is 11.8 Å². The van der Waals surface area contributed by atoms with Crippen LogP contribution in [0.25, 0.3) is 0 Å². The fourth-order valence-electron chi connectivity index (χ4n) is 2.00. The van der Waals surface area contributed by atoms with Crippen molar-refractivity contribution in [1.82, 2.24) is 9.97 Å². The first-order chi connectivity index (χ1) is 8.51. The maximum atomic E-state index is 4.63. The first-order valence-electron chi connectivity index (χ1n) is 6.88. The molecule has 0 N–H and O–H groups in total. The Morgan fingerprint density at radius 2 is 1.78 bits per heavy atom. The molecule has 0 aliphatic carbocycles. The maximum absolute atomic E-state index is 4.63. The summed E-state index contributed by atoms with van der Waals surface area (Å²) in [4.78, 5) is 9.17. The van der Waals surface area contributed by atoms with E-state index in [-0.39, 0.29) is 0 Å². The lowest BCUT2D eigenvalue weighted by Crippen LogP contribution is -2.10. The quantitative estimate of drug-likeness (QED) is 0.745. The summed E-state index contributed by atoms with van der Waals surface area (Å²) in [5, 5.41) is 0. The Labute approximate surface area is 111 Å². The predicted molar refractivity (Wildman–Crippen MR) is 76.7 cm³/mol. The van der Waals surface area contributed by atoms with Crippen LogP contribution in [0.2, 0.25) is 0 Å². The van der Waals surface area contributed by atoms with E-state index in [1.807, 2.05) is 6.92 Å². The summed E-state index contributed by atoms with van der Waals surface area (Å²) in [6, 6.07) is 0. The summed E-state index contributed by atoms with van der Waals surface area (Å²) < 4.78 is 0. The Balaban J connectivity index is 3.47. The number of hydrogen-bond donors (Lipinski definition) is 0. The van der Waals surface area contributed by atoms with E-state index in [2.05, 4.69) is 56.4 Å². The third kappa shape index (κ3) is 3.32. The van der Waals surface area contributed by atoms with Crippen molar-refractivity contribution in [1.29, 1.82) is 0 Å². The highest BCUT2D eigenvalue weighted by Gasteiger charge is 2.18. The minimum atomic E-state index is 0.415. The molecule has 18 heavy (non-hydrogen) atoms. The van der Waals surface area contributed by atoms with Crippen molar-refractivity contribution < 1.29 is 0 Å². The van der Waals surface area contributed by atoms with Crippen LogP contribution in [0.1, 0.15) is 82.1 Å². The maximum Gasteiger partial charge on any atom is 0.127 e. The Bertz CT molecular complexity index is 464. The van der Waals surface area contributed by atoms with Crippen molar-refractivity contribution in [3.63, 3.8) is 0 Å². The molecule has 1 atom stereocenters. The molecule has 1 aromatic rings. The number of aromatic nitrogens is 2. The van der Waals surface area contributed by atoms with Gasteiger partial charge in [-0.15, -0.1) is 0 Å². The van der Waals surface area contributed by atoms with Gasteiger partial charge in [0.1, 0.15) is 11.5 Å². The Morgan fingerprint density at radius 3 is 2.28 bits per heavy atom. The summed E-state index contributed by atoms with van der Waals surface area (Å²) in [6.45, 7) is 12.8. The van der Waals surface area contributed by atoms with E-state index >= 15 is 0 Å². The molecular weight excluding hydrogens is 220 g/mol. The Hall–Kier alpha value is -1.36. The summed E-state index contributed by atoms with van der Waals surface area (Å²) in [7, 11) is 0. The van der Waals surface area contributed by atoms with Gasteiger partial charge in [0.25, 0.3) is 0 Å². The van der Waals surface area contributed by atoms with Gasteiger partial charge in [-0.2, -0.15) is 0 Å². The fourth-order valence-corrected chi connectivity index (χ4v) is 2.00. The summed E-state index contributed by atoms with van der Waals surface area (Å²) in [6.07, 6.45) is 1.95. The van der Waals surface area contributed by atoms with Gasteiger partial charge in [-0.1, -0.05) is 40.5 Å². The lowest BCUT2D eigenvalue weighted by molar-refractivity contribution is 0.678. The van der Waals surface area contributed by atoms with Gasteiger partial charge < -0.3 is 0 Å². The SMILES string of the molecule is CCC#Cc1nc(C)nc(C(C)C)c1C(C)CC. The van der Waals surface area contributed by atoms with Gasteiger partial charge in [0, 0.05) is 12.0 Å². The molecule has 0 aliphatic heterocycles. The highest BCUT2D eigenvalue weighted by molar-refractivity contribution is 5.41. The highest BCUT2D eigenvalue weighted by atomic mass is 14.9. The molecule has 2 nitrogen and oxygen atoms in total. The molecule has 0 aromatic carbocycles. The molecule has 0 amide bonds. The van der Waals surface area contributed by atoms with E-state index in [4.69, 9.17) is 0 Å². The molecule has 2 heteroatoms. The number of hydrogen-bond acceptors (Lipinski definition) is 2. The van der Waals surface area contributed by atoms with Crippen molar-refractivity contribution in [2.24, 2.45) is 0 Å². The third-order valence-electron chi connectivity index (χ3n) is 3.12. The second kappa shape index (κ2) is 6.54. The topological polar surface area (TPSA) is 25.8 Å². The highest BCUT2D eigenvalue weighted by Crippen LogP contribution is 2.28. The predicted octanol–water partition coefficient (Wildman–Crippen LogP) is 4.18. The minimum absolute atomic E-state index is 0.415. The third-order valence-corrected chi connectivity index (χ3v) is 3.12. The van der Waals surface area contributed by atoms with E-state index in [0.717, 1.165) is 30.1 Å².